The Bertz CT molecular complexity index is 1470. The predicted octanol–water partition coefficient (Wildman–Crippen LogP) is 3.98. The molecule has 0 spiro atoms. The van der Waals surface area contributed by atoms with Crippen LogP contribution in [-0.2, 0) is 16.0 Å². The van der Waals surface area contributed by atoms with Crippen molar-refractivity contribution >= 4 is 22.8 Å². The number of aliphatic hydroxyl groups is 1. The van der Waals surface area contributed by atoms with Gasteiger partial charge in [-0.1, -0.05) is 43.2 Å². The molecule has 2 N–H and O–H groups in total. The third-order valence-corrected chi connectivity index (χ3v) is 8.84. The van der Waals surface area contributed by atoms with Gasteiger partial charge in [0, 0.05) is 41.9 Å². The Morgan fingerprint density at radius 3 is 2.62 bits per heavy atom. The van der Waals surface area contributed by atoms with Gasteiger partial charge in [-0.25, -0.2) is 4.79 Å². The van der Waals surface area contributed by atoms with E-state index < -0.39 is 23.2 Å². The molecule has 2 heterocycles. The number of likely N-dealkylation sites (tertiary alicyclic amines) is 1. The van der Waals surface area contributed by atoms with Crippen molar-refractivity contribution in [2.24, 2.45) is 5.92 Å². The number of nitrogens with zero attached hydrogens (tertiary/aromatic N) is 1. The summed E-state index contributed by atoms with van der Waals surface area (Å²) < 4.78 is 11.4. The van der Waals surface area contributed by atoms with Crippen molar-refractivity contribution in [1.82, 2.24) is 10.2 Å². The fourth-order valence-electron chi connectivity index (χ4n) is 6.20. The zero-order chi connectivity index (χ0) is 28.4. The molecule has 0 bridgehead atoms. The molecule has 212 valence electrons. The van der Waals surface area contributed by atoms with Crippen molar-refractivity contribution in [3.05, 3.63) is 75.1 Å². The summed E-state index contributed by atoms with van der Waals surface area (Å²) in [6.07, 6.45) is 4.71. The quantitative estimate of drug-likeness (QED) is 0.434. The molecular formula is C32H38N2O6. The number of nitrogens with one attached hydrogen (secondary N) is 1. The minimum Gasteiger partial charge on any atom is -0.483 e. The fourth-order valence-corrected chi connectivity index (χ4v) is 6.20. The van der Waals surface area contributed by atoms with E-state index in [-0.39, 0.29) is 18.4 Å². The van der Waals surface area contributed by atoms with Gasteiger partial charge in [0.2, 0.25) is 5.91 Å². The average molecular weight is 547 g/mol. The first-order chi connectivity index (χ1) is 19.2. The number of aryl methyl sites for hydroxylation is 2. The molecule has 3 atom stereocenters. The molecule has 5 rings (SSSR count). The van der Waals surface area contributed by atoms with Crippen molar-refractivity contribution in [3.63, 3.8) is 0 Å². The third-order valence-electron chi connectivity index (χ3n) is 8.84. The second-order valence-corrected chi connectivity index (χ2v) is 11.4. The summed E-state index contributed by atoms with van der Waals surface area (Å²) in [7, 11) is 0. The summed E-state index contributed by atoms with van der Waals surface area (Å²) in [5, 5.41) is 14.8. The van der Waals surface area contributed by atoms with Crippen LogP contribution in [0.5, 0.6) is 5.75 Å². The highest BCUT2D eigenvalue weighted by molar-refractivity contribution is 5.89. The molecule has 1 saturated carbocycles. The highest BCUT2D eigenvalue weighted by Gasteiger charge is 2.44. The van der Waals surface area contributed by atoms with Gasteiger partial charge in [0.1, 0.15) is 17.4 Å². The molecule has 1 aliphatic carbocycles. The summed E-state index contributed by atoms with van der Waals surface area (Å²) in [4.78, 5) is 40.8. The standard InChI is InChI=1S/C32H38N2O6/c1-20-21(2)31(37)40-29-22(3)27(13-12-25(20)29)39-19-28(35)33-26(17-23-9-5-4-6-10-23)30(36)34-16-15-32(38)14-8-7-11-24(32)18-34/h4-6,9-10,12-13,24,26,38H,7-8,11,14-19H2,1-3H3,(H,33,35)/t24-,26-,32-/m0/s1. The van der Waals surface area contributed by atoms with E-state index in [9.17, 15) is 19.5 Å². The van der Waals surface area contributed by atoms with Gasteiger partial charge >= 0.3 is 5.63 Å². The van der Waals surface area contributed by atoms with Crippen molar-refractivity contribution in [1.29, 1.82) is 0 Å². The summed E-state index contributed by atoms with van der Waals surface area (Å²) in [5.41, 5.74) is 2.36. The van der Waals surface area contributed by atoms with Crippen molar-refractivity contribution in [2.45, 2.75) is 70.9 Å². The van der Waals surface area contributed by atoms with Crippen LogP contribution in [0.4, 0.5) is 0 Å². The van der Waals surface area contributed by atoms with Crippen LogP contribution in [0.25, 0.3) is 11.0 Å². The lowest BCUT2D eigenvalue weighted by molar-refractivity contribution is -0.147. The maximum Gasteiger partial charge on any atom is 0.339 e. The number of hydrogen-bond donors (Lipinski definition) is 2. The maximum atomic E-state index is 13.7. The fraction of sp³-hybridized carbons (Fsp3) is 0.469. The number of rotatable bonds is 7. The highest BCUT2D eigenvalue weighted by Crippen LogP contribution is 2.40. The highest BCUT2D eigenvalue weighted by atomic mass is 16.5. The van der Waals surface area contributed by atoms with Gasteiger partial charge in [-0.3, -0.25) is 9.59 Å². The smallest absolute Gasteiger partial charge is 0.339 e. The van der Waals surface area contributed by atoms with Crippen molar-refractivity contribution < 1.29 is 23.8 Å². The number of piperidine rings is 1. The van der Waals surface area contributed by atoms with Gasteiger partial charge in [0.25, 0.3) is 5.91 Å². The second-order valence-electron chi connectivity index (χ2n) is 11.4. The molecular weight excluding hydrogens is 508 g/mol. The Labute approximate surface area is 234 Å². The third kappa shape index (κ3) is 5.63. The number of hydrogen-bond acceptors (Lipinski definition) is 6. The Balaban J connectivity index is 1.29. The zero-order valence-corrected chi connectivity index (χ0v) is 23.5. The first-order valence-corrected chi connectivity index (χ1v) is 14.2. The van der Waals surface area contributed by atoms with Crippen LogP contribution in [-0.4, -0.2) is 53.2 Å². The first-order valence-electron chi connectivity index (χ1n) is 14.2. The van der Waals surface area contributed by atoms with Crippen LogP contribution in [0.2, 0.25) is 0 Å². The van der Waals surface area contributed by atoms with Crippen LogP contribution in [0.3, 0.4) is 0 Å². The molecule has 2 aliphatic rings. The van der Waals surface area contributed by atoms with Gasteiger partial charge in [-0.15, -0.1) is 0 Å². The molecule has 8 nitrogen and oxygen atoms in total. The van der Waals surface area contributed by atoms with E-state index in [2.05, 4.69) is 5.32 Å². The van der Waals surface area contributed by atoms with E-state index in [4.69, 9.17) is 9.15 Å². The normalized spacial score (nSPS) is 21.5. The summed E-state index contributed by atoms with van der Waals surface area (Å²) in [5.74, 6) is -0.0489. The van der Waals surface area contributed by atoms with Crippen molar-refractivity contribution in [3.8, 4) is 5.75 Å². The Hall–Kier alpha value is -3.65. The molecule has 2 aromatic carbocycles. The predicted molar refractivity (Wildman–Crippen MR) is 152 cm³/mol. The molecule has 40 heavy (non-hydrogen) atoms. The topological polar surface area (TPSA) is 109 Å². The molecule has 2 fully saturated rings. The van der Waals surface area contributed by atoms with Crippen LogP contribution in [0.15, 0.2) is 51.7 Å². The maximum absolute atomic E-state index is 13.7. The monoisotopic (exact) mass is 546 g/mol. The molecule has 8 heteroatoms. The van der Waals surface area contributed by atoms with Crippen LogP contribution in [0.1, 0.15) is 54.4 Å². The minimum atomic E-state index is -0.755. The molecule has 0 radical (unpaired) electrons. The molecule has 0 unspecified atom stereocenters. The Morgan fingerprint density at radius 2 is 1.85 bits per heavy atom. The number of fused-ring (bicyclic) bond motifs is 2. The van der Waals surface area contributed by atoms with Crippen LogP contribution < -0.4 is 15.7 Å². The number of amides is 2. The summed E-state index contributed by atoms with van der Waals surface area (Å²) in [6, 6.07) is 12.5. The zero-order valence-electron chi connectivity index (χ0n) is 23.5. The Morgan fingerprint density at radius 1 is 1.07 bits per heavy atom. The lowest BCUT2D eigenvalue weighted by Gasteiger charge is -2.48. The van der Waals surface area contributed by atoms with E-state index in [0.717, 1.165) is 42.2 Å². The first kappa shape index (κ1) is 27.9. The number of carbonyl (C=O) groups excluding carboxylic acids is 2. The largest absolute Gasteiger partial charge is 0.483 e. The van der Waals surface area contributed by atoms with Crippen LogP contribution in [0, 0.1) is 26.7 Å². The minimum absolute atomic E-state index is 0.0683. The van der Waals surface area contributed by atoms with Gasteiger partial charge in [0.05, 0.1) is 5.60 Å². The molecule has 1 aliphatic heterocycles. The van der Waals surface area contributed by atoms with E-state index in [1.165, 1.54) is 0 Å². The number of benzene rings is 2. The number of carbonyl (C=O) groups is 2. The van der Waals surface area contributed by atoms with Gasteiger partial charge in [-0.05, 0) is 63.3 Å². The Kier molecular flexibility index (Phi) is 7.99. The average Bonchev–Trinajstić information content (AvgIpc) is 2.95. The lowest BCUT2D eigenvalue weighted by atomic mass is 9.71. The number of ether oxygens (including phenoxy) is 1. The van der Waals surface area contributed by atoms with E-state index >= 15 is 0 Å². The van der Waals surface area contributed by atoms with Gasteiger partial charge in [0.15, 0.2) is 6.61 Å². The second kappa shape index (κ2) is 11.5. The van der Waals surface area contributed by atoms with Gasteiger partial charge < -0.3 is 24.5 Å². The molecule has 2 amide bonds. The van der Waals surface area contributed by atoms with Crippen LogP contribution >= 0.6 is 0 Å². The lowest BCUT2D eigenvalue weighted by Crippen LogP contribution is -2.58. The SMILES string of the molecule is Cc1c(C)c2ccc(OCC(=O)N[C@@H](Cc3ccccc3)C(=O)N3CC[C@@]4(O)CCCC[C@H]4C3)c(C)c2oc1=O. The molecule has 1 saturated heterocycles. The van der Waals surface area contributed by atoms with Crippen molar-refractivity contribution in [2.75, 3.05) is 19.7 Å². The van der Waals surface area contributed by atoms with E-state index in [1.807, 2.05) is 43.3 Å². The van der Waals surface area contributed by atoms with E-state index in [0.29, 0.717) is 48.4 Å². The molecule has 1 aromatic heterocycles. The summed E-state index contributed by atoms with van der Waals surface area (Å²) in [6.45, 7) is 6.09. The van der Waals surface area contributed by atoms with Gasteiger partial charge in [-0.2, -0.15) is 0 Å². The van der Waals surface area contributed by atoms with E-state index in [1.54, 1.807) is 24.8 Å². The summed E-state index contributed by atoms with van der Waals surface area (Å²) >= 11 is 0. The molecule has 3 aromatic rings.